The summed E-state index contributed by atoms with van der Waals surface area (Å²) in [5, 5.41) is 36.3. The molecule has 0 aliphatic rings. The molecule has 1 atom stereocenters. The Balaban J connectivity index is 3.25. The van der Waals surface area contributed by atoms with Gasteiger partial charge in [-0.15, -0.1) is 0 Å². The zero-order valence-corrected chi connectivity index (χ0v) is 6.81. The SMILES string of the molecule is N[C@H](CO)c1c(O)ccc(O)c1O. The molecule has 0 fully saturated rings. The van der Waals surface area contributed by atoms with Crippen LogP contribution in [0.5, 0.6) is 17.2 Å². The summed E-state index contributed by atoms with van der Waals surface area (Å²) >= 11 is 0. The Morgan fingerprint density at radius 3 is 2.23 bits per heavy atom. The molecule has 5 heteroatoms. The first-order chi connectivity index (χ1) is 6.07. The van der Waals surface area contributed by atoms with Crippen LogP contribution in [0.3, 0.4) is 0 Å². The average molecular weight is 185 g/mol. The van der Waals surface area contributed by atoms with Crippen molar-refractivity contribution in [3.05, 3.63) is 17.7 Å². The van der Waals surface area contributed by atoms with Gasteiger partial charge in [0.2, 0.25) is 0 Å². The molecule has 1 aromatic rings. The molecule has 0 aliphatic heterocycles. The average Bonchev–Trinajstić information content (AvgIpc) is 2.12. The van der Waals surface area contributed by atoms with E-state index in [4.69, 9.17) is 15.9 Å². The van der Waals surface area contributed by atoms with Crippen LogP contribution in [0.1, 0.15) is 11.6 Å². The third-order valence-corrected chi connectivity index (χ3v) is 1.74. The van der Waals surface area contributed by atoms with Crippen LogP contribution in [-0.2, 0) is 0 Å². The maximum atomic E-state index is 9.28. The standard InChI is InChI=1S/C8H11NO4/c9-4(3-10)7-5(11)1-2-6(12)8(7)13/h1-2,4,10-13H,3,9H2/t4-/m1/s1. The molecule has 0 aromatic heterocycles. The molecule has 0 radical (unpaired) electrons. The Bertz CT molecular complexity index is 313. The molecule has 5 nitrogen and oxygen atoms in total. The van der Waals surface area contributed by atoms with Crippen molar-refractivity contribution >= 4 is 0 Å². The van der Waals surface area contributed by atoms with Crippen molar-refractivity contribution in [2.45, 2.75) is 6.04 Å². The Hall–Kier alpha value is -1.46. The van der Waals surface area contributed by atoms with Crippen molar-refractivity contribution in [1.82, 2.24) is 0 Å². The summed E-state index contributed by atoms with van der Waals surface area (Å²) in [6.07, 6.45) is 0. The minimum atomic E-state index is -0.910. The highest BCUT2D eigenvalue weighted by Crippen LogP contribution is 2.37. The zero-order chi connectivity index (χ0) is 10.0. The minimum absolute atomic E-state index is 0.0532. The lowest BCUT2D eigenvalue weighted by atomic mass is 10.1. The number of phenols is 3. The predicted octanol–water partition coefficient (Wildman–Crippen LogP) is -0.205. The lowest BCUT2D eigenvalue weighted by Crippen LogP contribution is -2.14. The molecule has 0 amide bonds. The number of benzene rings is 1. The second kappa shape index (κ2) is 3.51. The minimum Gasteiger partial charge on any atom is -0.507 e. The van der Waals surface area contributed by atoms with Crippen LogP contribution < -0.4 is 5.73 Å². The van der Waals surface area contributed by atoms with E-state index < -0.39 is 18.4 Å². The molecule has 6 N–H and O–H groups in total. The summed E-state index contributed by atoms with van der Waals surface area (Å²) < 4.78 is 0. The van der Waals surface area contributed by atoms with Gasteiger partial charge in [0.1, 0.15) is 5.75 Å². The van der Waals surface area contributed by atoms with Crippen LogP contribution in [0.2, 0.25) is 0 Å². The van der Waals surface area contributed by atoms with Gasteiger partial charge in [-0.3, -0.25) is 0 Å². The normalized spacial score (nSPS) is 12.8. The topological polar surface area (TPSA) is 107 Å². The highest BCUT2D eigenvalue weighted by atomic mass is 16.3. The number of aliphatic hydroxyl groups excluding tert-OH is 1. The maximum Gasteiger partial charge on any atom is 0.166 e. The highest BCUT2D eigenvalue weighted by molar-refractivity contribution is 5.53. The number of aromatic hydroxyl groups is 3. The third-order valence-electron chi connectivity index (χ3n) is 1.74. The molecule has 0 aliphatic carbocycles. The summed E-state index contributed by atoms with van der Waals surface area (Å²) in [4.78, 5) is 0. The van der Waals surface area contributed by atoms with Gasteiger partial charge in [-0.25, -0.2) is 0 Å². The predicted molar refractivity (Wildman–Crippen MR) is 45.5 cm³/mol. The van der Waals surface area contributed by atoms with Crippen molar-refractivity contribution in [1.29, 1.82) is 0 Å². The fraction of sp³-hybridized carbons (Fsp3) is 0.250. The fourth-order valence-electron chi connectivity index (χ4n) is 1.04. The molecule has 0 unspecified atom stereocenters. The Morgan fingerprint density at radius 1 is 1.15 bits per heavy atom. The summed E-state index contributed by atoms with van der Waals surface area (Å²) in [6.45, 7) is -0.426. The summed E-state index contributed by atoms with van der Waals surface area (Å²) in [5.74, 6) is -1.13. The Labute approximate surface area is 74.7 Å². The Morgan fingerprint density at radius 2 is 1.69 bits per heavy atom. The third kappa shape index (κ3) is 1.66. The second-order valence-electron chi connectivity index (χ2n) is 2.66. The molecular weight excluding hydrogens is 174 g/mol. The molecule has 0 heterocycles. The monoisotopic (exact) mass is 185 g/mol. The van der Waals surface area contributed by atoms with Gasteiger partial charge in [0.05, 0.1) is 18.2 Å². The van der Waals surface area contributed by atoms with Gasteiger partial charge in [0, 0.05) is 0 Å². The van der Waals surface area contributed by atoms with Gasteiger partial charge >= 0.3 is 0 Å². The van der Waals surface area contributed by atoms with Gasteiger partial charge < -0.3 is 26.2 Å². The van der Waals surface area contributed by atoms with Gasteiger partial charge in [-0.05, 0) is 12.1 Å². The fourth-order valence-corrected chi connectivity index (χ4v) is 1.04. The lowest BCUT2D eigenvalue weighted by molar-refractivity contribution is 0.261. The van der Waals surface area contributed by atoms with E-state index in [0.29, 0.717) is 0 Å². The van der Waals surface area contributed by atoms with Gasteiger partial charge in [0.15, 0.2) is 11.5 Å². The second-order valence-corrected chi connectivity index (χ2v) is 2.66. The van der Waals surface area contributed by atoms with Crippen LogP contribution in [0.4, 0.5) is 0 Å². The quantitative estimate of drug-likeness (QED) is 0.324. The first-order valence-electron chi connectivity index (χ1n) is 3.68. The van der Waals surface area contributed by atoms with Crippen molar-refractivity contribution in [3.63, 3.8) is 0 Å². The smallest absolute Gasteiger partial charge is 0.166 e. The van der Waals surface area contributed by atoms with Crippen LogP contribution >= 0.6 is 0 Å². The van der Waals surface area contributed by atoms with Crippen LogP contribution in [0, 0.1) is 0 Å². The summed E-state index contributed by atoms with van der Waals surface area (Å²) in [7, 11) is 0. The molecule has 0 saturated heterocycles. The lowest BCUT2D eigenvalue weighted by Gasteiger charge is -2.13. The van der Waals surface area contributed by atoms with E-state index in [1.54, 1.807) is 0 Å². The number of rotatable bonds is 2. The number of nitrogens with two attached hydrogens (primary N) is 1. The largest absolute Gasteiger partial charge is 0.507 e. The van der Waals surface area contributed by atoms with E-state index in [-0.39, 0.29) is 17.1 Å². The van der Waals surface area contributed by atoms with Crippen molar-refractivity contribution in [2.75, 3.05) is 6.61 Å². The zero-order valence-electron chi connectivity index (χ0n) is 6.81. The number of hydrogen-bond acceptors (Lipinski definition) is 5. The number of phenolic OH excluding ortho intramolecular Hbond substituents is 3. The number of hydrogen-bond donors (Lipinski definition) is 5. The van der Waals surface area contributed by atoms with Gasteiger partial charge in [0.25, 0.3) is 0 Å². The molecule has 0 bridgehead atoms. The molecular formula is C8H11NO4. The first-order valence-corrected chi connectivity index (χ1v) is 3.68. The van der Waals surface area contributed by atoms with Crippen LogP contribution in [0.15, 0.2) is 12.1 Å². The molecule has 13 heavy (non-hydrogen) atoms. The number of aliphatic hydroxyl groups is 1. The van der Waals surface area contributed by atoms with E-state index in [0.717, 1.165) is 6.07 Å². The molecule has 1 rings (SSSR count). The van der Waals surface area contributed by atoms with E-state index in [1.165, 1.54) is 6.07 Å². The van der Waals surface area contributed by atoms with E-state index in [2.05, 4.69) is 0 Å². The van der Waals surface area contributed by atoms with E-state index >= 15 is 0 Å². The maximum absolute atomic E-state index is 9.28. The Kier molecular flexibility index (Phi) is 2.60. The van der Waals surface area contributed by atoms with E-state index in [1.807, 2.05) is 0 Å². The van der Waals surface area contributed by atoms with Crippen molar-refractivity contribution in [2.24, 2.45) is 5.73 Å². The molecule has 0 spiro atoms. The molecule has 0 saturated carbocycles. The van der Waals surface area contributed by atoms with Gasteiger partial charge in [-0.1, -0.05) is 0 Å². The van der Waals surface area contributed by atoms with E-state index in [9.17, 15) is 10.2 Å². The van der Waals surface area contributed by atoms with Crippen molar-refractivity contribution < 1.29 is 20.4 Å². The highest BCUT2D eigenvalue weighted by Gasteiger charge is 2.17. The van der Waals surface area contributed by atoms with Crippen LogP contribution in [0.25, 0.3) is 0 Å². The summed E-state index contributed by atoms with van der Waals surface area (Å²) in [5.41, 5.74) is 5.33. The molecule has 1 aromatic carbocycles. The molecule has 72 valence electrons. The first kappa shape index (κ1) is 9.63. The van der Waals surface area contributed by atoms with Gasteiger partial charge in [-0.2, -0.15) is 0 Å². The summed E-state index contributed by atoms with van der Waals surface area (Å²) in [6, 6.07) is 1.42. The van der Waals surface area contributed by atoms with Crippen molar-refractivity contribution in [3.8, 4) is 17.2 Å². The van der Waals surface area contributed by atoms with Crippen LogP contribution in [-0.4, -0.2) is 27.0 Å².